The van der Waals surface area contributed by atoms with Crippen molar-refractivity contribution in [2.24, 2.45) is 5.92 Å². The maximum atomic E-state index is 12.5. The Morgan fingerprint density at radius 1 is 0.800 bits per heavy atom. The summed E-state index contributed by atoms with van der Waals surface area (Å²) >= 11 is 0. The van der Waals surface area contributed by atoms with Gasteiger partial charge < -0.3 is 4.42 Å². The van der Waals surface area contributed by atoms with Crippen molar-refractivity contribution in [3.63, 3.8) is 0 Å². The molecule has 1 atom stereocenters. The van der Waals surface area contributed by atoms with Gasteiger partial charge in [0.2, 0.25) is 0 Å². The molecule has 30 heavy (non-hydrogen) atoms. The summed E-state index contributed by atoms with van der Waals surface area (Å²) in [6.07, 6.45) is 0. The van der Waals surface area contributed by atoms with Crippen LogP contribution in [0.3, 0.4) is 0 Å². The van der Waals surface area contributed by atoms with Gasteiger partial charge in [-0.05, 0) is 43.2 Å². The fourth-order valence-electron chi connectivity index (χ4n) is 4.35. The van der Waals surface area contributed by atoms with Crippen molar-refractivity contribution in [3.8, 4) is 11.3 Å². The molecule has 0 aliphatic carbocycles. The third-order valence-corrected chi connectivity index (χ3v) is 5.71. The van der Waals surface area contributed by atoms with Crippen LogP contribution in [0.2, 0.25) is 0 Å². The molecular formula is C27H24O3. The number of Topliss-reactive ketones (excluding diaryl/α,β-unsaturated/α-hetero) is 2. The summed E-state index contributed by atoms with van der Waals surface area (Å²) < 4.78 is 6.20. The van der Waals surface area contributed by atoms with E-state index < -0.39 is 5.92 Å². The Hall–Kier alpha value is -3.46. The number of aryl methyl sites for hydroxylation is 1. The van der Waals surface area contributed by atoms with E-state index >= 15 is 0 Å². The number of carbonyl (C=O) groups excluding carboxylic acids is 2. The lowest BCUT2D eigenvalue weighted by molar-refractivity contribution is -0.130. The van der Waals surface area contributed by atoms with Gasteiger partial charge in [-0.25, -0.2) is 0 Å². The molecular weight excluding hydrogens is 372 g/mol. The molecule has 0 amide bonds. The highest BCUT2D eigenvalue weighted by Gasteiger charge is 2.34. The Morgan fingerprint density at radius 3 is 2.13 bits per heavy atom. The first kappa shape index (κ1) is 19.8. The van der Waals surface area contributed by atoms with Gasteiger partial charge in [-0.2, -0.15) is 0 Å². The Bertz CT molecular complexity index is 1200. The molecule has 0 bridgehead atoms. The molecule has 3 nitrogen and oxygen atoms in total. The highest BCUT2D eigenvalue weighted by atomic mass is 16.3. The Kier molecular flexibility index (Phi) is 5.37. The monoisotopic (exact) mass is 396 g/mol. The molecule has 1 heterocycles. The standard InChI is InChI=1S/C27H24O3/c1-17(28)26(18(2)29)27(21-11-5-4-6-12-21)24-16-25(30-19(24)3)23-15-9-13-20-10-7-8-14-22(20)23/h4-16,26-27H,1-3H3. The van der Waals surface area contributed by atoms with E-state index in [1.807, 2.05) is 67.6 Å². The van der Waals surface area contributed by atoms with Crippen molar-refractivity contribution in [1.29, 1.82) is 0 Å². The van der Waals surface area contributed by atoms with Gasteiger partial charge in [-0.3, -0.25) is 9.59 Å². The Labute approximate surface area is 176 Å². The van der Waals surface area contributed by atoms with Crippen LogP contribution in [0.4, 0.5) is 0 Å². The number of ketones is 2. The second-order valence-corrected chi connectivity index (χ2v) is 7.74. The highest BCUT2D eigenvalue weighted by Crippen LogP contribution is 2.40. The third-order valence-electron chi connectivity index (χ3n) is 5.71. The van der Waals surface area contributed by atoms with Crippen molar-refractivity contribution in [1.82, 2.24) is 0 Å². The number of hydrogen-bond acceptors (Lipinski definition) is 3. The molecule has 1 aromatic heterocycles. The first-order valence-corrected chi connectivity index (χ1v) is 10.1. The first-order valence-electron chi connectivity index (χ1n) is 10.1. The number of rotatable bonds is 6. The predicted molar refractivity (Wildman–Crippen MR) is 120 cm³/mol. The largest absolute Gasteiger partial charge is 0.461 e. The zero-order valence-electron chi connectivity index (χ0n) is 17.4. The minimum absolute atomic E-state index is 0.135. The minimum Gasteiger partial charge on any atom is -0.461 e. The lowest BCUT2D eigenvalue weighted by atomic mass is 9.77. The molecule has 0 saturated carbocycles. The van der Waals surface area contributed by atoms with Crippen molar-refractivity contribution in [2.75, 3.05) is 0 Å². The van der Waals surface area contributed by atoms with Crippen molar-refractivity contribution in [3.05, 3.63) is 95.7 Å². The van der Waals surface area contributed by atoms with Gasteiger partial charge in [0.05, 0.1) is 5.92 Å². The number of benzene rings is 3. The van der Waals surface area contributed by atoms with Gasteiger partial charge in [0, 0.05) is 17.0 Å². The zero-order valence-corrected chi connectivity index (χ0v) is 17.4. The molecule has 0 radical (unpaired) electrons. The fourth-order valence-corrected chi connectivity index (χ4v) is 4.35. The van der Waals surface area contributed by atoms with Gasteiger partial charge in [0.15, 0.2) is 0 Å². The van der Waals surface area contributed by atoms with E-state index in [4.69, 9.17) is 4.42 Å². The molecule has 0 aliphatic rings. The Morgan fingerprint density at radius 2 is 1.43 bits per heavy atom. The lowest BCUT2D eigenvalue weighted by Gasteiger charge is -2.23. The minimum atomic E-state index is -0.746. The normalized spacial score (nSPS) is 12.3. The number of furan rings is 1. The van der Waals surface area contributed by atoms with Gasteiger partial charge in [-0.15, -0.1) is 0 Å². The Balaban J connectivity index is 1.90. The maximum Gasteiger partial charge on any atom is 0.141 e. The number of carbonyl (C=O) groups is 2. The third kappa shape index (κ3) is 3.59. The molecule has 1 unspecified atom stereocenters. The summed E-state index contributed by atoms with van der Waals surface area (Å²) in [4.78, 5) is 25.0. The summed E-state index contributed by atoms with van der Waals surface area (Å²) in [7, 11) is 0. The van der Waals surface area contributed by atoms with Crippen LogP contribution in [0, 0.1) is 12.8 Å². The van der Waals surface area contributed by atoms with Crippen LogP contribution < -0.4 is 0 Å². The van der Waals surface area contributed by atoms with Gasteiger partial charge in [0.1, 0.15) is 23.1 Å². The summed E-state index contributed by atoms with van der Waals surface area (Å²) in [6.45, 7) is 4.88. The quantitative estimate of drug-likeness (QED) is 0.358. The van der Waals surface area contributed by atoms with E-state index in [-0.39, 0.29) is 17.5 Å². The van der Waals surface area contributed by atoms with Crippen molar-refractivity contribution in [2.45, 2.75) is 26.7 Å². The highest BCUT2D eigenvalue weighted by molar-refractivity contribution is 6.02. The smallest absolute Gasteiger partial charge is 0.141 e. The topological polar surface area (TPSA) is 47.3 Å². The fraction of sp³-hybridized carbons (Fsp3) is 0.185. The summed E-state index contributed by atoms with van der Waals surface area (Å²) in [5, 5.41) is 2.24. The maximum absolute atomic E-state index is 12.5. The zero-order chi connectivity index (χ0) is 21.3. The van der Waals surface area contributed by atoms with Crippen LogP contribution in [-0.4, -0.2) is 11.6 Å². The molecule has 0 fully saturated rings. The number of hydrogen-bond donors (Lipinski definition) is 0. The van der Waals surface area contributed by atoms with Crippen LogP contribution in [0.25, 0.3) is 22.1 Å². The van der Waals surface area contributed by atoms with Crippen molar-refractivity contribution >= 4 is 22.3 Å². The summed E-state index contributed by atoms with van der Waals surface area (Å²) in [5.74, 6) is 0.0652. The van der Waals surface area contributed by atoms with E-state index in [9.17, 15) is 9.59 Å². The van der Waals surface area contributed by atoms with Crippen LogP contribution in [0.1, 0.15) is 36.7 Å². The second kappa shape index (κ2) is 8.11. The van der Waals surface area contributed by atoms with E-state index in [1.54, 1.807) is 0 Å². The van der Waals surface area contributed by atoms with Gasteiger partial charge >= 0.3 is 0 Å². The van der Waals surface area contributed by atoms with E-state index in [0.717, 1.165) is 39.0 Å². The number of fused-ring (bicyclic) bond motifs is 1. The van der Waals surface area contributed by atoms with Gasteiger partial charge in [0.25, 0.3) is 0 Å². The van der Waals surface area contributed by atoms with Gasteiger partial charge in [-0.1, -0.05) is 72.8 Å². The molecule has 4 aromatic rings. The first-order chi connectivity index (χ1) is 14.5. The molecule has 150 valence electrons. The van der Waals surface area contributed by atoms with E-state index in [0.29, 0.717) is 0 Å². The lowest BCUT2D eigenvalue weighted by Crippen LogP contribution is -2.28. The van der Waals surface area contributed by atoms with E-state index in [1.165, 1.54) is 13.8 Å². The molecule has 0 aliphatic heterocycles. The average Bonchev–Trinajstić information content (AvgIpc) is 3.12. The van der Waals surface area contributed by atoms with Crippen LogP contribution in [0.5, 0.6) is 0 Å². The SMILES string of the molecule is CC(=O)C(C(C)=O)C(c1ccccc1)c1cc(-c2cccc3ccccc23)oc1C. The molecule has 0 saturated heterocycles. The molecule has 3 aromatic carbocycles. The summed E-state index contributed by atoms with van der Waals surface area (Å²) in [5.41, 5.74) is 2.80. The molecule has 0 N–H and O–H groups in total. The molecule has 4 rings (SSSR count). The van der Waals surface area contributed by atoms with Crippen LogP contribution >= 0.6 is 0 Å². The van der Waals surface area contributed by atoms with Crippen LogP contribution in [0.15, 0.2) is 83.3 Å². The molecule has 3 heteroatoms. The summed E-state index contributed by atoms with van der Waals surface area (Å²) in [6, 6.07) is 26.0. The molecule has 0 spiro atoms. The predicted octanol–water partition coefficient (Wildman–Crippen LogP) is 6.33. The average molecular weight is 396 g/mol. The second-order valence-electron chi connectivity index (χ2n) is 7.74. The van der Waals surface area contributed by atoms with E-state index in [2.05, 4.69) is 18.2 Å². The van der Waals surface area contributed by atoms with Crippen molar-refractivity contribution < 1.29 is 14.0 Å². The van der Waals surface area contributed by atoms with Crippen LogP contribution in [-0.2, 0) is 9.59 Å².